The summed E-state index contributed by atoms with van der Waals surface area (Å²) in [5.74, 6) is 1.35. The summed E-state index contributed by atoms with van der Waals surface area (Å²) in [5.41, 5.74) is 1.42. The lowest BCUT2D eigenvalue weighted by atomic mass is 9.89. The highest BCUT2D eigenvalue weighted by atomic mass is 15.1. The van der Waals surface area contributed by atoms with Gasteiger partial charge in [-0.15, -0.1) is 0 Å². The third-order valence-corrected chi connectivity index (χ3v) is 4.33. The Morgan fingerprint density at radius 2 is 1.89 bits per heavy atom. The Labute approximate surface area is 118 Å². The van der Waals surface area contributed by atoms with E-state index in [1.807, 2.05) is 0 Å². The molecule has 0 bridgehead atoms. The van der Waals surface area contributed by atoms with Crippen molar-refractivity contribution < 1.29 is 0 Å². The van der Waals surface area contributed by atoms with E-state index in [9.17, 15) is 0 Å². The van der Waals surface area contributed by atoms with Crippen molar-refractivity contribution in [2.24, 2.45) is 11.8 Å². The van der Waals surface area contributed by atoms with Crippen molar-refractivity contribution in [3.05, 3.63) is 35.9 Å². The molecule has 1 fully saturated rings. The fraction of sp³-hybridized carbons (Fsp3) is 0.647. The Kier molecular flexibility index (Phi) is 5.00. The smallest absolute Gasteiger partial charge is 0.0345 e. The van der Waals surface area contributed by atoms with Gasteiger partial charge in [0.05, 0.1) is 0 Å². The molecule has 2 heteroatoms. The lowest BCUT2D eigenvalue weighted by Crippen LogP contribution is -2.48. The molecule has 19 heavy (non-hydrogen) atoms. The molecule has 0 aliphatic carbocycles. The number of rotatable bonds is 4. The van der Waals surface area contributed by atoms with Gasteiger partial charge in [-0.1, -0.05) is 51.1 Å². The van der Waals surface area contributed by atoms with Crippen molar-refractivity contribution in [1.82, 2.24) is 10.2 Å². The number of likely N-dealkylation sites (tertiary alicyclic amines) is 1. The SMILES string of the molecule is CC(C)C(NC1CCN(C)CC1C)c1ccccc1. The van der Waals surface area contributed by atoms with E-state index in [0.717, 1.165) is 5.92 Å². The molecular weight excluding hydrogens is 232 g/mol. The summed E-state index contributed by atoms with van der Waals surface area (Å²) < 4.78 is 0. The van der Waals surface area contributed by atoms with Crippen LogP contribution in [-0.2, 0) is 0 Å². The van der Waals surface area contributed by atoms with Gasteiger partial charge in [-0.2, -0.15) is 0 Å². The number of nitrogens with zero attached hydrogens (tertiary/aromatic N) is 1. The standard InChI is InChI=1S/C17H28N2/c1-13(2)17(15-8-6-5-7-9-15)18-16-10-11-19(4)12-14(16)3/h5-9,13-14,16-18H,10-12H2,1-4H3. The highest BCUT2D eigenvalue weighted by Crippen LogP contribution is 2.25. The minimum Gasteiger partial charge on any atom is -0.307 e. The minimum absolute atomic E-state index is 0.469. The molecule has 0 amide bonds. The van der Waals surface area contributed by atoms with Gasteiger partial charge in [0, 0.05) is 18.6 Å². The van der Waals surface area contributed by atoms with E-state index in [1.54, 1.807) is 0 Å². The fourth-order valence-corrected chi connectivity index (χ4v) is 3.17. The first-order valence-electron chi connectivity index (χ1n) is 7.57. The molecular formula is C17H28N2. The van der Waals surface area contributed by atoms with Crippen LogP contribution in [0.5, 0.6) is 0 Å². The molecule has 1 N–H and O–H groups in total. The molecule has 0 radical (unpaired) electrons. The predicted octanol–water partition coefficient (Wildman–Crippen LogP) is 3.31. The molecule has 1 saturated heterocycles. The average Bonchev–Trinajstić information content (AvgIpc) is 2.38. The molecule has 1 aromatic rings. The fourth-order valence-electron chi connectivity index (χ4n) is 3.17. The maximum Gasteiger partial charge on any atom is 0.0345 e. The van der Waals surface area contributed by atoms with Crippen molar-refractivity contribution in [3.8, 4) is 0 Å². The third-order valence-electron chi connectivity index (χ3n) is 4.33. The molecule has 3 atom stereocenters. The van der Waals surface area contributed by atoms with Crippen LogP contribution in [0.3, 0.4) is 0 Å². The van der Waals surface area contributed by atoms with Gasteiger partial charge in [0.2, 0.25) is 0 Å². The summed E-state index contributed by atoms with van der Waals surface area (Å²) in [6.45, 7) is 9.41. The van der Waals surface area contributed by atoms with Crippen LogP contribution >= 0.6 is 0 Å². The van der Waals surface area contributed by atoms with Crippen LogP contribution in [-0.4, -0.2) is 31.1 Å². The average molecular weight is 260 g/mol. The summed E-state index contributed by atoms with van der Waals surface area (Å²) >= 11 is 0. The second-order valence-corrected chi connectivity index (χ2v) is 6.43. The van der Waals surface area contributed by atoms with Crippen molar-refractivity contribution in [3.63, 3.8) is 0 Å². The maximum atomic E-state index is 3.92. The molecule has 0 aromatic heterocycles. The lowest BCUT2D eigenvalue weighted by molar-refractivity contribution is 0.158. The van der Waals surface area contributed by atoms with Crippen molar-refractivity contribution >= 4 is 0 Å². The van der Waals surface area contributed by atoms with Crippen molar-refractivity contribution in [1.29, 1.82) is 0 Å². The van der Waals surface area contributed by atoms with Gasteiger partial charge in [0.15, 0.2) is 0 Å². The van der Waals surface area contributed by atoms with Crippen LogP contribution in [0.1, 0.15) is 38.8 Å². The zero-order valence-corrected chi connectivity index (χ0v) is 12.8. The van der Waals surface area contributed by atoms with Gasteiger partial charge in [0.25, 0.3) is 0 Å². The summed E-state index contributed by atoms with van der Waals surface area (Å²) in [7, 11) is 2.23. The Morgan fingerprint density at radius 3 is 2.47 bits per heavy atom. The zero-order chi connectivity index (χ0) is 13.8. The first-order chi connectivity index (χ1) is 9.08. The minimum atomic E-state index is 0.469. The maximum absolute atomic E-state index is 3.92. The Morgan fingerprint density at radius 1 is 1.21 bits per heavy atom. The van der Waals surface area contributed by atoms with E-state index in [4.69, 9.17) is 0 Å². The van der Waals surface area contributed by atoms with Crippen LogP contribution < -0.4 is 5.32 Å². The second kappa shape index (κ2) is 6.53. The van der Waals surface area contributed by atoms with Crippen LogP contribution in [0.15, 0.2) is 30.3 Å². The van der Waals surface area contributed by atoms with Gasteiger partial charge in [0.1, 0.15) is 0 Å². The molecule has 1 aliphatic heterocycles. The molecule has 0 spiro atoms. The number of hydrogen-bond acceptors (Lipinski definition) is 2. The molecule has 2 rings (SSSR count). The van der Waals surface area contributed by atoms with E-state index in [-0.39, 0.29) is 0 Å². The quantitative estimate of drug-likeness (QED) is 0.893. The van der Waals surface area contributed by atoms with Gasteiger partial charge in [-0.25, -0.2) is 0 Å². The third kappa shape index (κ3) is 3.80. The van der Waals surface area contributed by atoms with Gasteiger partial charge in [-0.3, -0.25) is 0 Å². The lowest BCUT2D eigenvalue weighted by Gasteiger charge is -2.38. The summed E-state index contributed by atoms with van der Waals surface area (Å²) in [6, 6.07) is 12.0. The highest BCUT2D eigenvalue weighted by molar-refractivity contribution is 5.19. The Bertz CT molecular complexity index is 374. The summed E-state index contributed by atoms with van der Waals surface area (Å²) in [5, 5.41) is 3.92. The second-order valence-electron chi connectivity index (χ2n) is 6.43. The summed E-state index contributed by atoms with van der Waals surface area (Å²) in [6.07, 6.45) is 1.26. The highest BCUT2D eigenvalue weighted by Gasteiger charge is 2.27. The largest absolute Gasteiger partial charge is 0.307 e. The van der Waals surface area contributed by atoms with Gasteiger partial charge >= 0.3 is 0 Å². The van der Waals surface area contributed by atoms with Crippen LogP contribution in [0.4, 0.5) is 0 Å². The number of hydrogen-bond donors (Lipinski definition) is 1. The van der Waals surface area contributed by atoms with Gasteiger partial charge < -0.3 is 10.2 Å². The van der Waals surface area contributed by atoms with Crippen LogP contribution in [0.2, 0.25) is 0 Å². The van der Waals surface area contributed by atoms with E-state index in [0.29, 0.717) is 18.0 Å². The number of piperidine rings is 1. The first-order valence-corrected chi connectivity index (χ1v) is 7.57. The summed E-state index contributed by atoms with van der Waals surface area (Å²) in [4.78, 5) is 2.44. The van der Waals surface area contributed by atoms with Crippen molar-refractivity contribution in [2.45, 2.75) is 39.3 Å². The molecule has 0 saturated carbocycles. The zero-order valence-electron chi connectivity index (χ0n) is 12.8. The molecule has 3 unspecified atom stereocenters. The van der Waals surface area contributed by atoms with Crippen molar-refractivity contribution in [2.75, 3.05) is 20.1 Å². The van der Waals surface area contributed by atoms with E-state index >= 15 is 0 Å². The molecule has 2 nitrogen and oxygen atoms in total. The number of nitrogens with one attached hydrogen (secondary N) is 1. The molecule has 106 valence electrons. The monoisotopic (exact) mass is 260 g/mol. The first kappa shape index (κ1) is 14.5. The predicted molar refractivity (Wildman–Crippen MR) is 82.2 cm³/mol. The Hall–Kier alpha value is -0.860. The normalized spacial score (nSPS) is 26.6. The topological polar surface area (TPSA) is 15.3 Å². The Balaban J connectivity index is 2.05. The van der Waals surface area contributed by atoms with Gasteiger partial charge in [-0.05, 0) is 37.4 Å². The van der Waals surface area contributed by atoms with Crippen LogP contribution in [0, 0.1) is 11.8 Å². The molecule has 1 aromatic carbocycles. The van der Waals surface area contributed by atoms with E-state index in [2.05, 4.69) is 68.4 Å². The van der Waals surface area contributed by atoms with Crippen LogP contribution in [0.25, 0.3) is 0 Å². The van der Waals surface area contributed by atoms with E-state index in [1.165, 1.54) is 25.1 Å². The number of benzene rings is 1. The molecule has 1 aliphatic rings. The molecule has 1 heterocycles. The van der Waals surface area contributed by atoms with E-state index < -0.39 is 0 Å².